The van der Waals surface area contributed by atoms with E-state index >= 15 is 0 Å². The first-order valence-electron chi connectivity index (χ1n) is 17.3. The van der Waals surface area contributed by atoms with Gasteiger partial charge in [0, 0.05) is 18.2 Å². The van der Waals surface area contributed by atoms with Gasteiger partial charge in [-0.15, -0.1) is 0 Å². The van der Waals surface area contributed by atoms with Crippen LogP contribution in [0.15, 0.2) is 126 Å². The van der Waals surface area contributed by atoms with Crippen LogP contribution in [0.1, 0.15) is 46.1 Å². The molecule has 1 fully saturated rings. The molecule has 4 aromatic carbocycles. The zero-order valence-corrected chi connectivity index (χ0v) is 29.9. The molecule has 14 nitrogen and oxygen atoms in total. The summed E-state index contributed by atoms with van der Waals surface area (Å²) < 4.78 is 31.4. The normalized spacial score (nSPS) is 17.2. The lowest BCUT2D eigenvalue weighted by Crippen LogP contribution is -2.41. The first-order valence-corrected chi connectivity index (χ1v) is 17.3. The van der Waals surface area contributed by atoms with E-state index in [1.54, 1.807) is 44.6 Å². The van der Waals surface area contributed by atoms with Gasteiger partial charge in [-0.2, -0.15) is 4.98 Å². The Kier molecular flexibility index (Phi) is 12.0. The van der Waals surface area contributed by atoms with Gasteiger partial charge in [0.2, 0.25) is 0 Å². The number of hydrogen-bond donors (Lipinski definition) is 3. The molecule has 4 atom stereocenters. The first kappa shape index (κ1) is 38.4. The molecule has 1 unspecified atom stereocenters. The van der Waals surface area contributed by atoms with Gasteiger partial charge in [-0.3, -0.25) is 14.2 Å². The van der Waals surface area contributed by atoms with Gasteiger partial charge in [-0.1, -0.05) is 72.8 Å². The van der Waals surface area contributed by atoms with E-state index in [1.165, 1.54) is 16.8 Å². The lowest BCUT2D eigenvalue weighted by molar-refractivity contribution is -0.166. The van der Waals surface area contributed by atoms with Crippen LogP contribution in [-0.4, -0.2) is 76.7 Å². The second-order valence-electron chi connectivity index (χ2n) is 12.6. The molecule has 0 bridgehead atoms. The molecule has 1 amide bonds. The Bertz CT molecular complexity index is 2100. The number of aliphatic carboxylic acids is 2. The largest absolute Gasteiger partial charge is 0.497 e. The Morgan fingerprint density at radius 3 is 1.93 bits per heavy atom. The summed E-state index contributed by atoms with van der Waals surface area (Å²) in [5.41, 5.74) is 0.530. The van der Waals surface area contributed by atoms with Crippen LogP contribution in [0.3, 0.4) is 0 Å². The van der Waals surface area contributed by atoms with Gasteiger partial charge in [-0.25, -0.2) is 9.59 Å². The summed E-state index contributed by atoms with van der Waals surface area (Å²) in [6, 6.07) is 34.1. The highest BCUT2D eigenvalue weighted by Gasteiger charge is 2.44. The molecule has 14 heteroatoms. The van der Waals surface area contributed by atoms with Crippen molar-refractivity contribution in [3.05, 3.63) is 154 Å². The Labute approximate surface area is 315 Å². The van der Waals surface area contributed by atoms with E-state index in [2.05, 4.69) is 10.3 Å². The van der Waals surface area contributed by atoms with E-state index < -0.39 is 60.1 Å². The molecule has 1 aromatic heterocycles. The van der Waals surface area contributed by atoms with Gasteiger partial charge in [0.1, 0.15) is 35.2 Å². The van der Waals surface area contributed by atoms with Crippen LogP contribution in [0.5, 0.6) is 11.5 Å². The number of nitrogens with zero attached hydrogens (tertiary/aromatic N) is 2. The second kappa shape index (κ2) is 17.2. The van der Waals surface area contributed by atoms with Gasteiger partial charge in [0.05, 0.1) is 33.4 Å². The predicted octanol–water partition coefficient (Wildman–Crippen LogP) is 5.12. The number of carbonyl (C=O) groups excluding carboxylic acids is 1. The Hall–Kier alpha value is -6.35. The van der Waals surface area contributed by atoms with Gasteiger partial charge in [0.15, 0.2) is 6.10 Å². The second-order valence-corrected chi connectivity index (χ2v) is 12.6. The molecule has 1 aliphatic heterocycles. The molecule has 3 N–H and O–H groups in total. The van der Waals surface area contributed by atoms with E-state index in [0.717, 1.165) is 16.7 Å². The number of aromatic nitrogens is 2. The molecule has 5 aromatic rings. The summed E-state index contributed by atoms with van der Waals surface area (Å²) in [5, 5.41) is 22.0. The van der Waals surface area contributed by atoms with E-state index in [9.17, 15) is 29.4 Å². The van der Waals surface area contributed by atoms with E-state index in [-0.39, 0.29) is 18.8 Å². The van der Waals surface area contributed by atoms with Crippen molar-refractivity contribution in [2.75, 3.05) is 26.1 Å². The van der Waals surface area contributed by atoms with E-state index in [1.807, 2.05) is 78.9 Å². The minimum atomic E-state index is -1.72. The maximum atomic E-state index is 13.4. The maximum Gasteiger partial charge on any atom is 0.351 e. The first-order chi connectivity index (χ1) is 26.6. The quantitative estimate of drug-likeness (QED) is 0.113. The molecule has 0 spiro atoms. The zero-order valence-electron chi connectivity index (χ0n) is 29.9. The number of anilines is 1. The molecule has 1 saturated heterocycles. The average molecular weight is 750 g/mol. The third-order valence-corrected chi connectivity index (χ3v) is 9.21. The minimum absolute atomic E-state index is 0.0137. The summed E-state index contributed by atoms with van der Waals surface area (Å²) in [6.07, 6.45) is -4.27. The number of nitrogens with one attached hydrogen (secondary N) is 1. The third-order valence-electron chi connectivity index (χ3n) is 9.21. The van der Waals surface area contributed by atoms with Crippen LogP contribution < -0.4 is 20.5 Å². The van der Waals surface area contributed by atoms with Crippen LogP contribution in [-0.2, 0) is 29.4 Å². The number of amides is 1. The topological polar surface area (TPSA) is 185 Å². The van der Waals surface area contributed by atoms with Crippen LogP contribution in [0, 0.1) is 0 Å². The Morgan fingerprint density at radius 1 is 0.836 bits per heavy atom. The number of methoxy groups -OCH3 is 2. The summed E-state index contributed by atoms with van der Waals surface area (Å²) in [4.78, 5) is 53.9. The SMILES string of the molecule is COc1ccc(C(OC[C@H]2O[C@@H](n3ccc(NC(=O)c4ccccc4)nc3=O)C[C@@H]2OC(CC(=O)O)C(=O)O)(c2ccccc2)c2ccc(OC)cc2)cc1. The zero-order chi connectivity index (χ0) is 39.0. The van der Waals surface area contributed by atoms with E-state index in [4.69, 9.17) is 23.7 Å². The number of hydrogen-bond acceptors (Lipinski definition) is 10. The Morgan fingerprint density at radius 2 is 1.40 bits per heavy atom. The van der Waals surface area contributed by atoms with E-state index in [0.29, 0.717) is 17.1 Å². The predicted molar refractivity (Wildman–Crippen MR) is 198 cm³/mol. The lowest BCUT2D eigenvalue weighted by atomic mass is 9.80. The summed E-state index contributed by atoms with van der Waals surface area (Å²) in [6.45, 7) is -0.207. The number of carboxylic acids is 2. The fourth-order valence-corrected chi connectivity index (χ4v) is 6.49. The fourth-order valence-electron chi connectivity index (χ4n) is 6.49. The number of rotatable bonds is 16. The number of carboxylic acid groups (broad SMARTS) is 2. The van der Waals surface area contributed by atoms with Crippen molar-refractivity contribution in [3.8, 4) is 11.5 Å². The van der Waals surface area contributed by atoms with Gasteiger partial charge in [-0.05, 0) is 59.2 Å². The standard InChI is InChI=1S/C41H39N3O11/c1-51-30-17-13-28(14-18-30)41(27-11-7-4-8-12-27,29-15-19-31(52-2)20-16-29)53-25-34-32(54-33(39(48)49)24-37(45)46)23-36(55-34)44-22-21-35(43-40(44)50)42-38(47)26-9-5-3-6-10-26/h3-22,32-34,36H,23-25H2,1-2H3,(H,45,46)(H,48,49)(H,42,43,47,50)/t32-,33?,34+,36+/m0/s1. The average Bonchev–Trinajstić information content (AvgIpc) is 3.60. The highest BCUT2D eigenvalue weighted by Crippen LogP contribution is 2.43. The van der Waals surface area contributed by atoms with Crippen LogP contribution >= 0.6 is 0 Å². The van der Waals surface area contributed by atoms with Crippen molar-refractivity contribution in [1.29, 1.82) is 0 Å². The Balaban J connectivity index is 1.36. The van der Waals surface area contributed by atoms with Crippen LogP contribution in [0.4, 0.5) is 5.82 Å². The number of benzene rings is 4. The summed E-state index contributed by atoms with van der Waals surface area (Å²) >= 11 is 0. The van der Waals surface area contributed by atoms with Crippen molar-refractivity contribution >= 4 is 23.7 Å². The van der Waals surface area contributed by atoms with Crippen molar-refractivity contribution in [1.82, 2.24) is 9.55 Å². The van der Waals surface area contributed by atoms with Crippen molar-refractivity contribution in [2.24, 2.45) is 0 Å². The number of carbonyl (C=O) groups is 3. The molecule has 6 rings (SSSR count). The lowest BCUT2D eigenvalue weighted by Gasteiger charge is -2.37. The fraction of sp³-hybridized carbons (Fsp3) is 0.244. The van der Waals surface area contributed by atoms with Crippen molar-refractivity contribution < 1.29 is 48.3 Å². The van der Waals surface area contributed by atoms with Crippen molar-refractivity contribution in [2.45, 2.75) is 43.0 Å². The van der Waals surface area contributed by atoms with Gasteiger partial charge in [0.25, 0.3) is 5.91 Å². The molecule has 55 heavy (non-hydrogen) atoms. The molecule has 0 radical (unpaired) electrons. The van der Waals surface area contributed by atoms with Gasteiger partial charge < -0.3 is 39.2 Å². The molecular formula is C41H39N3O11. The summed E-state index contributed by atoms with van der Waals surface area (Å²) in [5.74, 6) is -2.04. The highest BCUT2D eigenvalue weighted by molar-refractivity contribution is 6.03. The maximum absolute atomic E-state index is 13.4. The highest BCUT2D eigenvalue weighted by atomic mass is 16.6. The van der Waals surface area contributed by atoms with Crippen LogP contribution in [0.25, 0.3) is 0 Å². The van der Waals surface area contributed by atoms with Crippen LogP contribution in [0.2, 0.25) is 0 Å². The molecule has 2 heterocycles. The molecule has 0 saturated carbocycles. The smallest absolute Gasteiger partial charge is 0.351 e. The monoisotopic (exact) mass is 749 g/mol. The number of ether oxygens (including phenoxy) is 5. The van der Waals surface area contributed by atoms with Crippen molar-refractivity contribution in [3.63, 3.8) is 0 Å². The summed E-state index contributed by atoms with van der Waals surface area (Å²) in [7, 11) is 3.13. The molecule has 284 valence electrons. The molecule has 1 aliphatic rings. The minimum Gasteiger partial charge on any atom is -0.497 e. The van der Waals surface area contributed by atoms with Gasteiger partial charge >= 0.3 is 17.6 Å². The molecule has 0 aliphatic carbocycles. The molecular weight excluding hydrogens is 710 g/mol. The third kappa shape index (κ3) is 8.73.